The van der Waals surface area contributed by atoms with Crippen molar-refractivity contribution in [3.8, 4) is 6.07 Å². The summed E-state index contributed by atoms with van der Waals surface area (Å²) in [5.41, 5.74) is 0.244. The Morgan fingerprint density at radius 1 is 1.16 bits per heavy atom. The van der Waals surface area contributed by atoms with E-state index >= 15 is 0 Å². The second-order valence-corrected chi connectivity index (χ2v) is 6.28. The molecule has 1 aliphatic carbocycles. The molecule has 0 radical (unpaired) electrons. The minimum Gasteiger partial charge on any atom is -0.382 e. The number of benzene rings is 1. The van der Waals surface area contributed by atoms with Gasteiger partial charge in [-0.2, -0.15) is 5.26 Å². The van der Waals surface area contributed by atoms with Crippen LogP contribution in [-0.2, 0) is 0 Å². The minimum atomic E-state index is -1.08. The maximum atomic E-state index is 13.7. The Kier molecular flexibility index (Phi) is 3.04. The molecule has 102 valence electrons. The van der Waals surface area contributed by atoms with Crippen LogP contribution in [0.5, 0.6) is 0 Å². The van der Waals surface area contributed by atoms with Crippen molar-refractivity contribution in [2.75, 3.05) is 11.9 Å². The van der Waals surface area contributed by atoms with E-state index in [1.165, 1.54) is 12.1 Å². The zero-order valence-corrected chi connectivity index (χ0v) is 11.6. The molecule has 0 amide bonds. The summed E-state index contributed by atoms with van der Waals surface area (Å²) >= 11 is 0. The highest BCUT2D eigenvalue weighted by molar-refractivity contribution is 5.50. The van der Waals surface area contributed by atoms with Crippen LogP contribution < -0.4 is 5.32 Å². The molecule has 0 spiro atoms. The van der Waals surface area contributed by atoms with Crippen LogP contribution in [0.1, 0.15) is 33.3 Å². The molecule has 2 nitrogen and oxygen atoms in total. The molecule has 2 rings (SSSR count). The topological polar surface area (TPSA) is 35.8 Å². The van der Waals surface area contributed by atoms with E-state index in [2.05, 4.69) is 33.0 Å². The summed E-state index contributed by atoms with van der Waals surface area (Å²) in [5, 5.41) is 11.6. The molecule has 1 fully saturated rings. The van der Waals surface area contributed by atoms with Crippen LogP contribution in [0, 0.1) is 39.7 Å². The molecule has 0 atom stereocenters. The van der Waals surface area contributed by atoms with Crippen LogP contribution in [-0.4, -0.2) is 6.54 Å². The average molecular weight is 264 g/mol. The van der Waals surface area contributed by atoms with Crippen molar-refractivity contribution < 1.29 is 8.78 Å². The molecule has 1 saturated carbocycles. The van der Waals surface area contributed by atoms with Gasteiger partial charge in [-0.1, -0.05) is 27.7 Å². The largest absolute Gasteiger partial charge is 0.382 e. The van der Waals surface area contributed by atoms with Crippen LogP contribution in [0.4, 0.5) is 14.5 Å². The van der Waals surface area contributed by atoms with Gasteiger partial charge in [0.2, 0.25) is 0 Å². The first-order valence-corrected chi connectivity index (χ1v) is 6.35. The van der Waals surface area contributed by atoms with Gasteiger partial charge in [-0.3, -0.25) is 0 Å². The third kappa shape index (κ3) is 1.98. The average Bonchev–Trinajstić information content (AvgIpc) is 2.72. The number of rotatable bonds is 3. The number of nitrogens with one attached hydrogen (secondary N) is 1. The molecule has 0 saturated heterocycles. The lowest BCUT2D eigenvalue weighted by Gasteiger charge is -2.09. The second-order valence-electron chi connectivity index (χ2n) is 6.28. The molecule has 0 aliphatic heterocycles. The summed E-state index contributed by atoms with van der Waals surface area (Å²) in [6.45, 7) is 9.30. The molecule has 0 aromatic heterocycles. The highest BCUT2D eigenvalue weighted by atomic mass is 19.2. The predicted molar refractivity (Wildman–Crippen MR) is 70.6 cm³/mol. The second kappa shape index (κ2) is 4.19. The van der Waals surface area contributed by atoms with E-state index < -0.39 is 11.6 Å². The molecule has 1 aromatic rings. The molecule has 1 aliphatic rings. The predicted octanol–water partition coefficient (Wildman–Crippen LogP) is 3.93. The third-order valence-electron chi connectivity index (χ3n) is 5.02. The van der Waals surface area contributed by atoms with Gasteiger partial charge in [0.15, 0.2) is 11.6 Å². The maximum absolute atomic E-state index is 13.7. The first kappa shape index (κ1) is 13.8. The van der Waals surface area contributed by atoms with Crippen LogP contribution >= 0.6 is 0 Å². The highest BCUT2D eigenvalue weighted by Crippen LogP contribution is 2.68. The van der Waals surface area contributed by atoms with Crippen molar-refractivity contribution in [1.29, 1.82) is 5.26 Å². The Bertz CT molecular complexity index is 542. The highest BCUT2D eigenvalue weighted by Gasteiger charge is 2.64. The molecule has 0 heterocycles. The SMILES string of the molecule is CC1(C)C(CNc2ccc(C#N)c(F)c2F)C1(C)C. The zero-order chi connectivity index (χ0) is 14.4. The van der Waals surface area contributed by atoms with Crippen molar-refractivity contribution in [3.05, 3.63) is 29.3 Å². The number of nitrogens with zero attached hydrogens (tertiary/aromatic N) is 1. The molecular weight excluding hydrogens is 246 g/mol. The lowest BCUT2D eigenvalue weighted by atomic mass is 10.0. The minimum absolute atomic E-state index is 0.120. The van der Waals surface area contributed by atoms with E-state index in [1.54, 1.807) is 6.07 Å². The number of halogens is 2. The summed E-state index contributed by atoms with van der Waals surface area (Å²) in [4.78, 5) is 0. The van der Waals surface area contributed by atoms with Crippen LogP contribution in [0.2, 0.25) is 0 Å². The van der Waals surface area contributed by atoms with E-state index in [9.17, 15) is 8.78 Å². The summed E-state index contributed by atoms with van der Waals surface area (Å²) in [6, 6.07) is 4.34. The van der Waals surface area contributed by atoms with Crippen LogP contribution in [0.15, 0.2) is 12.1 Å². The fourth-order valence-electron chi connectivity index (χ4n) is 2.83. The van der Waals surface area contributed by atoms with Crippen molar-refractivity contribution in [2.45, 2.75) is 27.7 Å². The van der Waals surface area contributed by atoms with E-state index in [1.807, 2.05) is 0 Å². The normalized spacial score (nSPS) is 19.8. The van der Waals surface area contributed by atoms with Gasteiger partial charge < -0.3 is 5.32 Å². The Labute approximate surface area is 112 Å². The van der Waals surface area contributed by atoms with Gasteiger partial charge in [0.25, 0.3) is 0 Å². The summed E-state index contributed by atoms with van der Waals surface area (Å²) in [5.74, 6) is -1.64. The number of hydrogen-bond donors (Lipinski definition) is 1. The van der Waals surface area contributed by atoms with Crippen molar-refractivity contribution in [2.24, 2.45) is 16.7 Å². The van der Waals surface area contributed by atoms with Gasteiger partial charge in [0.05, 0.1) is 11.3 Å². The maximum Gasteiger partial charge on any atom is 0.183 e. The molecular formula is C15H18F2N2. The molecule has 0 bridgehead atoms. The van der Waals surface area contributed by atoms with E-state index in [-0.39, 0.29) is 22.1 Å². The van der Waals surface area contributed by atoms with Gasteiger partial charge in [-0.25, -0.2) is 8.78 Å². The molecule has 4 heteroatoms. The number of hydrogen-bond acceptors (Lipinski definition) is 2. The van der Waals surface area contributed by atoms with Crippen LogP contribution in [0.3, 0.4) is 0 Å². The molecule has 1 N–H and O–H groups in total. The quantitative estimate of drug-likeness (QED) is 0.897. The zero-order valence-electron chi connectivity index (χ0n) is 11.6. The van der Waals surface area contributed by atoms with E-state index in [4.69, 9.17) is 5.26 Å². The fraction of sp³-hybridized carbons (Fsp3) is 0.533. The Morgan fingerprint density at radius 2 is 1.74 bits per heavy atom. The number of nitriles is 1. The van der Waals surface area contributed by atoms with Crippen molar-refractivity contribution in [3.63, 3.8) is 0 Å². The summed E-state index contributed by atoms with van der Waals surface area (Å²) < 4.78 is 27.2. The van der Waals surface area contributed by atoms with E-state index in [0.29, 0.717) is 12.5 Å². The van der Waals surface area contributed by atoms with Gasteiger partial charge >= 0.3 is 0 Å². The lowest BCUT2D eigenvalue weighted by Crippen LogP contribution is -2.10. The van der Waals surface area contributed by atoms with Gasteiger partial charge in [-0.15, -0.1) is 0 Å². The van der Waals surface area contributed by atoms with Gasteiger partial charge in [-0.05, 0) is 28.9 Å². The van der Waals surface area contributed by atoms with Crippen LogP contribution in [0.25, 0.3) is 0 Å². The van der Waals surface area contributed by atoms with Gasteiger partial charge in [0.1, 0.15) is 6.07 Å². The molecule has 19 heavy (non-hydrogen) atoms. The Morgan fingerprint density at radius 3 is 2.21 bits per heavy atom. The Hall–Kier alpha value is -1.63. The monoisotopic (exact) mass is 264 g/mol. The smallest absolute Gasteiger partial charge is 0.183 e. The third-order valence-corrected chi connectivity index (χ3v) is 5.02. The molecule has 1 aromatic carbocycles. The summed E-state index contributed by atoms with van der Waals surface area (Å²) in [7, 11) is 0. The van der Waals surface area contributed by atoms with Gasteiger partial charge in [0, 0.05) is 6.54 Å². The number of anilines is 1. The fourth-order valence-corrected chi connectivity index (χ4v) is 2.83. The summed E-state index contributed by atoms with van der Waals surface area (Å²) in [6.07, 6.45) is 0. The van der Waals surface area contributed by atoms with Crippen molar-refractivity contribution in [1.82, 2.24) is 0 Å². The first-order valence-electron chi connectivity index (χ1n) is 6.35. The standard InChI is InChI=1S/C15H18F2N2/c1-14(2)11(15(14,3)4)8-19-10-6-5-9(7-18)12(16)13(10)17/h5-6,11,19H,8H2,1-4H3. The first-order chi connectivity index (χ1) is 8.73. The lowest BCUT2D eigenvalue weighted by molar-refractivity contribution is 0.457. The Balaban J connectivity index is 2.11. The molecule has 0 unspecified atom stereocenters. The van der Waals surface area contributed by atoms with E-state index in [0.717, 1.165) is 0 Å². The van der Waals surface area contributed by atoms with Crippen molar-refractivity contribution >= 4 is 5.69 Å².